The molecule has 0 bridgehead atoms. The van der Waals surface area contributed by atoms with E-state index in [0.717, 1.165) is 22.4 Å². The molecule has 7 heteroatoms. The lowest BCUT2D eigenvalue weighted by Crippen LogP contribution is -2.21. The van der Waals surface area contributed by atoms with Crippen molar-refractivity contribution in [3.63, 3.8) is 0 Å². The zero-order valence-electron chi connectivity index (χ0n) is 17.4. The van der Waals surface area contributed by atoms with Gasteiger partial charge in [-0.1, -0.05) is 42.5 Å². The van der Waals surface area contributed by atoms with Gasteiger partial charge in [0.2, 0.25) is 0 Å². The zero-order valence-corrected chi connectivity index (χ0v) is 18.2. The van der Waals surface area contributed by atoms with Gasteiger partial charge in [0.15, 0.2) is 0 Å². The number of rotatable bonds is 5. The minimum atomic E-state index is -0.324. The first-order valence-electron chi connectivity index (χ1n) is 10.3. The number of amides is 1. The average molecular weight is 456 g/mol. The van der Waals surface area contributed by atoms with E-state index in [2.05, 4.69) is 10.3 Å². The summed E-state index contributed by atoms with van der Waals surface area (Å²) in [7, 11) is 0. The summed E-state index contributed by atoms with van der Waals surface area (Å²) >= 11 is 1.39. The largest absolute Gasteiger partial charge is 0.322 e. The highest BCUT2D eigenvalue weighted by Crippen LogP contribution is 2.30. The molecule has 0 aliphatic heterocycles. The molecule has 5 rings (SSSR count). The molecule has 2 aromatic heterocycles. The van der Waals surface area contributed by atoms with E-state index in [1.54, 1.807) is 28.8 Å². The number of thiophene rings is 1. The Morgan fingerprint density at radius 1 is 0.970 bits per heavy atom. The van der Waals surface area contributed by atoms with Crippen molar-refractivity contribution >= 4 is 33.1 Å². The van der Waals surface area contributed by atoms with E-state index in [-0.39, 0.29) is 17.3 Å². The maximum absolute atomic E-state index is 13.3. The van der Waals surface area contributed by atoms with Crippen LogP contribution in [-0.4, -0.2) is 15.5 Å². The SMILES string of the molecule is O=C(Nc1ccccc1)c1ccc(Cn2cnc3scc(-c4ccc(F)cc4)c3c2=O)cc1. The van der Waals surface area contributed by atoms with Crippen molar-refractivity contribution < 1.29 is 9.18 Å². The Morgan fingerprint density at radius 2 is 1.70 bits per heavy atom. The number of nitrogens with one attached hydrogen (secondary N) is 1. The van der Waals surface area contributed by atoms with Crippen LogP contribution in [0, 0.1) is 5.82 Å². The lowest BCUT2D eigenvalue weighted by atomic mass is 10.1. The fraction of sp³-hybridized carbons (Fsp3) is 0.0385. The van der Waals surface area contributed by atoms with Crippen molar-refractivity contribution in [1.82, 2.24) is 9.55 Å². The highest BCUT2D eigenvalue weighted by atomic mass is 32.1. The number of halogens is 1. The monoisotopic (exact) mass is 455 g/mol. The number of hydrogen-bond acceptors (Lipinski definition) is 4. The molecular weight excluding hydrogens is 437 g/mol. The molecule has 0 unspecified atom stereocenters. The average Bonchev–Trinajstić information content (AvgIpc) is 3.27. The molecule has 0 aliphatic carbocycles. The first kappa shape index (κ1) is 20.8. The molecule has 162 valence electrons. The van der Waals surface area contributed by atoms with Crippen LogP contribution in [-0.2, 0) is 6.54 Å². The lowest BCUT2D eigenvalue weighted by Gasteiger charge is -2.08. The van der Waals surface area contributed by atoms with Gasteiger partial charge in [0.25, 0.3) is 11.5 Å². The van der Waals surface area contributed by atoms with E-state index < -0.39 is 0 Å². The van der Waals surface area contributed by atoms with Gasteiger partial charge in [-0.2, -0.15) is 0 Å². The van der Waals surface area contributed by atoms with Gasteiger partial charge in [-0.15, -0.1) is 11.3 Å². The van der Waals surface area contributed by atoms with Crippen LogP contribution >= 0.6 is 11.3 Å². The third kappa shape index (κ3) is 4.31. The van der Waals surface area contributed by atoms with Crippen LogP contribution in [0.3, 0.4) is 0 Å². The highest BCUT2D eigenvalue weighted by Gasteiger charge is 2.14. The highest BCUT2D eigenvalue weighted by molar-refractivity contribution is 7.17. The van der Waals surface area contributed by atoms with Gasteiger partial charge in [-0.25, -0.2) is 9.37 Å². The Balaban J connectivity index is 1.39. The molecule has 0 fully saturated rings. The molecule has 5 nitrogen and oxygen atoms in total. The zero-order chi connectivity index (χ0) is 22.8. The lowest BCUT2D eigenvalue weighted by molar-refractivity contribution is 0.102. The number of aromatic nitrogens is 2. The van der Waals surface area contributed by atoms with Crippen LogP contribution in [0.15, 0.2) is 95.4 Å². The van der Waals surface area contributed by atoms with Gasteiger partial charge in [-0.3, -0.25) is 14.2 Å². The summed E-state index contributed by atoms with van der Waals surface area (Å²) in [5.74, 6) is -0.523. The third-order valence-electron chi connectivity index (χ3n) is 5.32. The molecule has 1 N–H and O–H groups in total. The van der Waals surface area contributed by atoms with Crippen molar-refractivity contribution in [2.24, 2.45) is 0 Å². The van der Waals surface area contributed by atoms with E-state index >= 15 is 0 Å². The predicted molar refractivity (Wildman–Crippen MR) is 129 cm³/mol. The van der Waals surface area contributed by atoms with Gasteiger partial charge in [-0.05, 0) is 47.5 Å². The Kier molecular flexibility index (Phi) is 5.54. The Hall–Kier alpha value is -4.10. The maximum Gasteiger partial charge on any atom is 0.263 e. The summed E-state index contributed by atoms with van der Waals surface area (Å²) in [4.78, 5) is 30.8. The van der Waals surface area contributed by atoms with Gasteiger partial charge >= 0.3 is 0 Å². The van der Waals surface area contributed by atoms with E-state index in [0.29, 0.717) is 22.3 Å². The molecule has 0 aliphatic rings. The quantitative estimate of drug-likeness (QED) is 0.377. The summed E-state index contributed by atoms with van der Waals surface area (Å²) in [5.41, 5.74) is 3.48. The first-order valence-corrected chi connectivity index (χ1v) is 11.1. The number of fused-ring (bicyclic) bond motifs is 1. The number of nitrogens with zero attached hydrogens (tertiary/aromatic N) is 2. The van der Waals surface area contributed by atoms with Crippen molar-refractivity contribution in [3.8, 4) is 11.1 Å². The van der Waals surface area contributed by atoms with Crippen LogP contribution in [0.4, 0.5) is 10.1 Å². The summed E-state index contributed by atoms with van der Waals surface area (Å²) < 4.78 is 14.9. The number of para-hydroxylation sites is 1. The van der Waals surface area contributed by atoms with Gasteiger partial charge < -0.3 is 5.32 Å². The molecule has 5 aromatic rings. The summed E-state index contributed by atoms with van der Waals surface area (Å²) in [6.45, 7) is 0.320. The van der Waals surface area contributed by atoms with Crippen LogP contribution in [0.25, 0.3) is 21.3 Å². The van der Waals surface area contributed by atoms with Crippen LogP contribution in [0.5, 0.6) is 0 Å². The second-order valence-corrected chi connectivity index (χ2v) is 8.39. The predicted octanol–water partition coefficient (Wildman–Crippen LogP) is 5.56. The minimum Gasteiger partial charge on any atom is -0.322 e. The summed E-state index contributed by atoms with van der Waals surface area (Å²) in [5, 5.41) is 5.25. The smallest absolute Gasteiger partial charge is 0.263 e. The number of hydrogen-bond donors (Lipinski definition) is 1. The molecule has 33 heavy (non-hydrogen) atoms. The van der Waals surface area contributed by atoms with Crippen LogP contribution in [0.2, 0.25) is 0 Å². The fourth-order valence-corrected chi connectivity index (χ4v) is 4.51. The molecule has 0 saturated heterocycles. The Bertz CT molecular complexity index is 1490. The number of anilines is 1. The minimum absolute atomic E-state index is 0.161. The van der Waals surface area contributed by atoms with E-state index in [1.807, 2.05) is 47.8 Å². The van der Waals surface area contributed by atoms with Crippen molar-refractivity contribution in [2.45, 2.75) is 6.54 Å². The molecule has 0 saturated carbocycles. The van der Waals surface area contributed by atoms with Crippen molar-refractivity contribution in [2.75, 3.05) is 5.32 Å². The third-order valence-corrected chi connectivity index (χ3v) is 6.20. The Labute approximate surface area is 192 Å². The molecule has 3 aromatic carbocycles. The van der Waals surface area contributed by atoms with Gasteiger partial charge in [0.1, 0.15) is 10.6 Å². The number of carbonyl (C=O) groups is 1. The molecule has 0 spiro atoms. The van der Waals surface area contributed by atoms with Gasteiger partial charge in [0, 0.05) is 22.2 Å². The van der Waals surface area contributed by atoms with Crippen LogP contribution in [0.1, 0.15) is 15.9 Å². The fourth-order valence-electron chi connectivity index (χ4n) is 3.61. The molecular formula is C26H18FN3O2S. The van der Waals surface area contributed by atoms with Gasteiger partial charge in [0.05, 0.1) is 18.3 Å². The number of benzene rings is 3. The summed E-state index contributed by atoms with van der Waals surface area (Å²) in [6.07, 6.45) is 1.53. The second kappa shape index (κ2) is 8.80. The Morgan fingerprint density at radius 3 is 2.42 bits per heavy atom. The molecule has 2 heterocycles. The van der Waals surface area contributed by atoms with Crippen molar-refractivity contribution in [3.05, 3.63) is 118 Å². The van der Waals surface area contributed by atoms with E-state index in [1.165, 1.54) is 29.8 Å². The topological polar surface area (TPSA) is 64.0 Å². The second-order valence-electron chi connectivity index (χ2n) is 7.53. The number of carbonyl (C=O) groups excluding carboxylic acids is 1. The van der Waals surface area contributed by atoms with E-state index in [9.17, 15) is 14.0 Å². The first-order chi connectivity index (χ1) is 16.1. The molecule has 0 atom stereocenters. The normalized spacial score (nSPS) is 10.9. The summed E-state index contributed by atoms with van der Waals surface area (Å²) in [6, 6.07) is 22.4. The van der Waals surface area contributed by atoms with E-state index in [4.69, 9.17) is 0 Å². The standard InChI is InChI=1S/C26H18FN3O2S/c27-20-12-10-18(11-13-20)22-15-33-25-23(22)26(32)30(16-28-25)14-17-6-8-19(9-7-17)24(31)29-21-4-2-1-3-5-21/h1-13,15-16H,14H2,(H,29,31). The molecule has 0 radical (unpaired) electrons. The maximum atomic E-state index is 13.3. The van der Waals surface area contributed by atoms with Crippen molar-refractivity contribution in [1.29, 1.82) is 0 Å². The van der Waals surface area contributed by atoms with Crippen LogP contribution < -0.4 is 10.9 Å². The molecule has 1 amide bonds.